The summed E-state index contributed by atoms with van der Waals surface area (Å²) in [4.78, 5) is 3.97. The molecule has 1 rings (SSSR count). The quantitative estimate of drug-likeness (QED) is 0.448. The maximum atomic E-state index is 6.79. The van der Waals surface area contributed by atoms with Crippen LogP contribution in [0, 0.1) is 16.7 Å². The second-order valence-corrected chi connectivity index (χ2v) is 3.37. The van der Waals surface area contributed by atoms with E-state index in [1.54, 1.807) is 0 Å². The van der Waals surface area contributed by atoms with E-state index in [4.69, 9.17) is 5.41 Å². The molecule has 2 nitrogen and oxygen atoms in total. The first-order valence-electron chi connectivity index (χ1n) is 3.65. The number of hydrogen-bond acceptors (Lipinski definition) is 1. The smallest absolute Gasteiger partial charge is 0.106 e. The third kappa shape index (κ3) is 0.981. The van der Waals surface area contributed by atoms with Gasteiger partial charge in [-0.1, -0.05) is 13.8 Å². The molecule has 1 aliphatic rings. The Balaban J connectivity index is 2.66. The Bertz CT molecular complexity index is 184. The number of nitrogens with zero attached hydrogens (tertiary/aromatic N) is 1. The fourth-order valence-electron chi connectivity index (χ4n) is 1.33. The summed E-state index contributed by atoms with van der Waals surface area (Å²) >= 11 is 0. The second kappa shape index (κ2) is 2.19. The Morgan fingerprint density at radius 2 is 2.30 bits per heavy atom. The second-order valence-electron chi connectivity index (χ2n) is 3.37. The lowest BCUT2D eigenvalue weighted by atomic mass is 10.0. The molecule has 0 spiro atoms. The molecule has 0 aromatic heterocycles. The molecule has 0 amide bonds. The lowest BCUT2D eigenvalue weighted by molar-refractivity contribution is 0.707. The van der Waals surface area contributed by atoms with E-state index in [0.717, 1.165) is 18.0 Å². The van der Waals surface area contributed by atoms with Crippen LogP contribution in [0.25, 0.3) is 0 Å². The van der Waals surface area contributed by atoms with Gasteiger partial charge in [-0.3, -0.25) is 5.41 Å². The van der Waals surface area contributed by atoms with Crippen molar-refractivity contribution >= 4 is 12.1 Å². The van der Waals surface area contributed by atoms with Gasteiger partial charge in [0.25, 0.3) is 0 Å². The molecule has 2 unspecified atom stereocenters. The molecule has 1 aliphatic carbocycles. The van der Waals surface area contributed by atoms with E-state index >= 15 is 0 Å². The molecule has 1 saturated carbocycles. The van der Waals surface area contributed by atoms with Crippen LogP contribution in [-0.4, -0.2) is 12.1 Å². The number of nitrogens with one attached hydrogen (secondary N) is 1. The zero-order valence-electron chi connectivity index (χ0n) is 6.81. The van der Waals surface area contributed by atoms with Crippen LogP contribution in [0.4, 0.5) is 0 Å². The summed E-state index contributed by atoms with van der Waals surface area (Å²) in [5.41, 5.74) is 1.42. The van der Waals surface area contributed by atoms with Gasteiger partial charge in [0.05, 0.1) is 0 Å². The summed E-state index contributed by atoms with van der Waals surface area (Å²) in [5.74, 6) is 0.760. The molecule has 1 N–H and O–H groups in total. The minimum atomic E-state index is 0.317. The molecule has 0 radical (unpaired) electrons. The highest BCUT2D eigenvalue weighted by molar-refractivity contribution is 5.94. The van der Waals surface area contributed by atoms with Gasteiger partial charge in [-0.05, 0) is 19.3 Å². The molecule has 0 aromatic carbocycles. The topological polar surface area (TPSA) is 36.2 Å². The maximum absolute atomic E-state index is 6.79. The Morgan fingerprint density at radius 1 is 1.80 bits per heavy atom. The summed E-state index contributed by atoms with van der Waals surface area (Å²) in [6.45, 7) is 6.44. The van der Waals surface area contributed by atoms with Gasteiger partial charge in [0.1, 0.15) is 6.34 Å². The van der Waals surface area contributed by atoms with Gasteiger partial charge in [0.2, 0.25) is 0 Å². The van der Waals surface area contributed by atoms with Crippen molar-refractivity contribution in [2.24, 2.45) is 16.3 Å². The molecule has 1 fully saturated rings. The molecule has 2 heteroatoms. The average molecular weight is 138 g/mol. The standard InChI is InChI=1S/C8H14N2/c1-6-4-8(6,3)7(2)10-5-9/h5-6,9H,4H2,1-3H3. The van der Waals surface area contributed by atoms with Crippen molar-refractivity contribution in [1.82, 2.24) is 0 Å². The van der Waals surface area contributed by atoms with E-state index < -0.39 is 0 Å². The van der Waals surface area contributed by atoms with Crippen LogP contribution in [0.1, 0.15) is 27.2 Å². The zero-order valence-corrected chi connectivity index (χ0v) is 6.81. The van der Waals surface area contributed by atoms with Gasteiger partial charge >= 0.3 is 0 Å². The number of aliphatic imine (C=N–C) groups is 1. The minimum absolute atomic E-state index is 0.317. The highest BCUT2D eigenvalue weighted by atomic mass is 14.8. The first kappa shape index (κ1) is 7.45. The maximum Gasteiger partial charge on any atom is 0.106 e. The molecule has 0 aliphatic heterocycles. The molecule has 0 saturated heterocycles. The number of rotatable bonds is 2. The van der Waals surface area contributed by atoms with Crippen LogP contribution in [0.2, 0.25) is 0 Å². The van der Waals surface area contributed by atoms with Gasteiger partial charge < -0.3 is 0 Å². The van der Waals surface area contributed by atoms with Crippen molar-refractivity contribution in [2.45, 2.75) is 27.2 Å². The normalized spacial score (nSPS) is 39.5. The van der Waals surface area contributed by atoms with Crippen molar-refractivity contribution in [3.63, 3.8) is 0 Å². The van der Waals surface area contributed by atoms with Crippen LogP contribution in [0.3, 0.4) is 0 Å². The molecular formula is C8H14N2. The zero-order chi connectivity index (χ0) is 7.78. The monoisotopic (exact) mass is 138 g/mol. The van der Waals surface area contributed by atoms with E-state index in [0.29, 0.717) is 5.41 Å². The lowest BCUT2D eigenvalue weighted by Crippen LogP contribution is -2.09. The van der Waals surface area contributed by atoms with Crippen molar-refractivity contribution in [3.05, 3.63) is 0 Å². The molecule has 2 atom stereocenters. The van der Waals surface area contributed by atoms with E-state index in [1.807, 2.05) is 6.92 Å². The van der Waals surface area contributed by atoms with E-state index in [9.17, 15) is 0 Å². The third-order valence-electron chi connectivity index (χ3n) is 2.74. The van der Waals surface area contributed by atoms with E-state index in [2.05, 4.69) is 18.8 Å². The summed E-state index contributed by atoms with van der Waals surface area (Å²) in [5, 5.41) is 6.79. The molecule has 10 heavy (non-hydrogen) atoms. The first-order valence-corrected chi connectivity index (χ1v) is 3.65. The van der Waals surface area contributed by atoms with Crippen molar-refractivity contribution in [2.75, 3.05) is 0 Å². The largest absolute Gasteiger partial charge is 0.290 e. The minimum Gasteiger partial charge on any atom is -0.290 e. The molecule has 56 valence electrons. The Labute approximate surface area is 61.9 Å². The van der Waals surface area contributed by atoms with Gasteiger partial charge in [-0.15, -0.1) is 0 Å². The SMILES string of the molecule is CC(=NC=N)C1(C)CC1C. The molecule has 0 bridgehead atoms. The summed E-state index contributed by atoms with van der Waals surface area (Å²) in [6.07, 6.45) is 2.36. The molecular weight excluding hydrogens is 124 g/mol. The van der Waals surface area contributed by atoms with Crippen molar-refractivity contribution in [3.8, 4) is 0 Å². The van der Waals surface area contributed by atoms with Crippen molar-refractivity contribution in [1.29, 1.82) is 5.41 Å². The third-order valence-corrected chi connectivity index (χ3v) is 2.74. The van der Waals surface area contributed by atoms with Gasteiger partial charge in [-0.25, -0.2) is 4.99 Å². The lowest BCUT2D eigenvalue weighted by Gasteiger charge is -2.06. The fraction of sp³-hybridized carbons (Fsp3) is 0.750. The van der Waals surface area contributed by atoms with Gasteiger partial charge in [0, 0.05) is 11.1 Å². The number of hydrogen-bond donors (Lipinski definition) is 1. The predicted molar refractivity (Wildman–Crippen MR) is 43.8 cm³/mol. The first-order chi connectivity index (χ1) is 4.61. The van der Waals surface area contributed by atoms with Crippen LogP contribution >= 0.6 is 0 Å². The predicted octanol–water partition coefficient (Wildman–Crippen LogP) is 2.10. The Kier molecular flexibility index (Phi) is 1.63. The van der Waals surface area contributed by atoms with Gasteiger partial charge in [0.15, 0.2) is 0 Å². The Hall–Kier alpha value is -0.660. The Morgan fingerprint density at radius 3 is 2.60 bits per heavy atom. The van der Waals surface area contributed by atoms with E-state index in [1.165, 1.54) is 6.42 Å². The van der Waals surface area contributed by atoms with Crippen molar-refractivity contribution < 1.29 is 0 Å². The summed E-state index contributed by atoms with van der Waals surface area (Å²) in [6, 6.07) is 0. The van der Waals surface area contributed by atoms with Crippen LogP contribution in [-0.2, 0) is 0 Å². The summed E-state index contributed by atoms with van der Waals surface area (Å²) < 4.78 is 0. The fourth-order valence-corrected chi connectivity index (χ4v) is 1.33. The average Bonchev–Trinajstić information content (AvgIpc) is 2.43. The van der Waals surface area contributed by atoms with Crippen LogP contribution < -0.4 is 0 Å². The summed E-state index contributed by atoms with van der Waals surface area (Å²) in [7, 11) is 0. The highest BCUT2D eigenvalue weighted by Crippen LogP contribution is 2.52. The molecule has 0 heterocycles. The highest BCUT2D eigenvalue weighted by Gasteiger charge is 2.48. The van der Waals surface area contributed by atoms with Crippen LogP contribution in [0.5, 0.6) is 0 Å². The molecule has 0 aromatic rings. The van der Waals surface area contributed by atoms with Crippen LogP contribution in [0.15, 0.2) is 4.99 Å². The van der Waals surface area contributed by atoms with Gasteiger partial charge in [-0.2, -0.15) is 0 Å². The van der Waals surface area contributed by atoms with E-state index in [-0.39, 0.29) is 0 Å².